The Morgan fingerprint density at radius 2 is 1.90 bits per heavy atom. The monoisotopic (exact) mass is 281 g/mol. The maximum atomic E-state index is 6.39. The summed E-state index contributed by atoms with van der Waals surface area (Å²) in [6, 6.07) is 13.7. The minimum Gasteiger partial charge on any atom is -0.497 e. The smallest absolute Gasteiger partial charge is 0.134 e. The largest absolute Gasteiger partial charge is 0.497 e. The first-order valence-electron chi connectivity index (χ1n) is 6.99. The van der Waals surface area contributed by atoms with Crippen molar-refractivity contribution in [3.8, 4) is 5.75 Å². The molecule has 3 nitrogen and oxygen atoms in total. The van der Waals surface area contributed by atoms with Gasteiger partial charge in [0.1, 0.15) is 17.1 Å². The molecular formula is C18H19NO2. The molecule has 3 rings (SSSR count). The summed E-state index contributed by atoms with van der Waals surface area (Å²) in [6.45, 7) is 4.13. The first-order valence-corrected chi connectivity index (χ1v) is 6.99. The highest BCUT2D eigenvalue weighted by atomic mass is 16.5. The topological polar surface area (TPSA) is 48.4 Å². The number of fused-ring (bicyclic) bond motifs is 1. The van der Waals surface area contributed by atoms with Crippen LogP contribution in [0.1, 0.15) is 28.5 Å². The number of nitrogens with two attached hydrogens (primary N) is 1. The highest BCUT2D eigenvalue weighted by Gasteiger charge is 2.19. The van der Waals surface area contributed by atoms with Gasteiger partial charge in [-0.3, -0.25) is 0 Å². The van der Waals surface area contributed by atoms with Crippen molar-refractivity contribution in [3.05, 3.63) is 64.9 Å². The molecule has 1 atom stereocenters. The molecule has 0 saturated heterocycles. The zero-order chi connectivity index (χ0) is 15.0. The second kappa shape index (κ2) is 5.26. The molecule has 0 aliphatic carbocycles. The number of benzene rings is 2. The van der Waals surface area contributed by atoms with Gasteiger partial charge in [0.05, 0.1) is 13.2 Å². The van der Waals surface area contributed by atoms with Crippen molar-refractivity contribution < 1.29 is 9.15 Å². The molecule has 1 unspecified atom stereocenters. The molecule has 0 amide bonds. The highest BCUT2D eigenvalue weighted by Crippen LogP contribution is 2.32. The van der Waals surface area contributed by atoms with Gasteiger partial charge in [-0.05, 0) is 43.7 Å². The molecule has 0 spiro atoms. The van der Waals surface area contributed by atoms with Gasteiger partial charge in [-0.1, -0.05) is 23.8 Å². The van der Waals surface area contributed by atoms with Crippen molar-refractivity contribution in [1.29, 1.82) is 0 Å². The fourth-order valence-corrected chi connectivity index (χ4v) is 2.64. The number of ether oxygens (including phenoxy) is 1. The summed E-state index contributed by atoms with van der Waals surface area (Å²) in [5.41, 5.74) is 10.6. The summed E-state index contributed by atoms with van der Waals surface area (Å²) in [7, 11) is 1.65. The summed E-state index contributed by atoms with van der Waals surface area (Å²) >= 11 is 0. The number of rotatable bonds is 3. The van der Waals surface area contributed by atoms with E-state index < -0.39 is 0 Å². The Hall–Kier alpha value is -2.26. The van der Waals surface area contributed by atoms with Gasteiger partial charge in [0.2, 0.25) is 0 Å². The molecule has 1 aromatic heterocycles. The van der Waals surface area contributed by atoms with Crippen LogP contribution in [0.15, 0.2) is 46.9 Å². The fourth-order valence-electron chi connectivity index (χ4n) is 2.64. The number of methoxy groups -OCH3 is 1. The van der Waals surface area contributed by atoms with Crippen LogP contribution in [0.4, 0.5) is 0 Å². The molecule has 108 valence electrons. The number of hydrogen-bond donors (Lipinski definition) is 1. The molecule has 0 aliphatic rings. The lowest BCUT2D eigenvalue weighted by Crippen LogP contribution is -2.12. The molecule has 0 fully saturated rings. The average molecular weight is 281 g/mol. The van der Waals surface area contributed by atoms with Crippen LogP contribution in [0.25, 0.3) is 11.0 Å². The Labute approximate surface area is 124 Å². The molecule has 3 aromatic rings. The van der Waals surface area contributed by atoms with E-state index in [-0.39, 0.29) is 6.04 Å². The minimum atomic E-state index is -0.298. The van der Waals surface area contributed by atoms with Gasteiger partial charge in [0, 0.05) is 10.9 Å². The third-order valence-corrected chi connectivity index (χ3v) is 3.86. The molecule has 2 aromatic carbocycles. The van der Waals surface area contributed by atoms with Crippen molar-refractivity contribution in [2.24, 2.45) is 5.73 Å². The number of aryl methyl sites for hydroxylation is 2. The van der Waals surface area contributed by atoms with E-state index in [1.807, 2.05) is 36.4 Å². The molecule has 0 saturated carbocycles. The van der Waals surface area contributed by atoms with Gasteiger partial charge in [-0.25, -0.2) is 0 Å². The minimum absolute atomic E-state index is 0.298. The van der Waals surface area contributed by atoms with E-state index in [1.54, 1.807) is 7.11 Å². The van der Waals surface area contributed by atoms with Crippen LogP contribution in [0, 0.1) is 13.8 Å². The lowest BCUT2D eigenvalue weighted by Gasteiger charge is -2.11. The Balaban J connectivity index is 2.08. The molecule has 0 aliphatic heterocycles. The van der Waals surface area contributed by atoms with E-state index in [0.29, 0.717) is 0 Å². The average Bonchev–Trinajstić information content (AvgIpc) is 2.83. The van der Waals surface area contributed by atoms with Gasteiger partial charge >= 0.3 is 0 Å². The van der Waals surface area contributed by atoms with Crippen LogP contribution in [-0.2, 0) is 0 Å². The van der Waals surface area contributed by atoms with Crippen molar-refractivity contribution in [1.82, 2.24) is 0 Å². The third kappa shape index (κ3) is 2.41. The molecule has 1 heterocycles. The fraction of sp³-hybridized carbons (Fsp3) is 0.222. The molecule has 2 N–H and O–H groups in total. The van der Waals surface area contributed by atoms with Gasteiger partial charge in [-0.2, -0.15) is 0 Å². The first-order chi connectivity index (χ1) is 10.1. The Morgan fingerprint density at radius 3 is 2.67 bits per heavy atom. The zero-order valence-electron chi connectivity index (χ0n) is 12.5. The van der Waals surface area contributed by atoms with E-state index in [0.717, 1.165) is 33.6 Å². The molecule has 3 heteroatoms. The van der Waals surface area contributed by atoms with E-state index in [1.165, 1.54) is 5.56 Å². The van der Waals surface area contributed by atoms with Crippen LogP contribution in [-0.4, -0.2) is 7.11 Å². The Bertz CT molecular complexity index is 789. The lowest BCUT2D eigenvalue weighted by atomic mass is 10.0. The molecule has 0 bridgehead atoms. The van der Waals surface area contributed by atoms with Gasteiger partial charge in [-0.15, -0.1) is 0 Å². The maximum Gasteiger partial charge on any atom is 0.134 e. The van der Waals surface area contributed by atoms with Crippen molar-refractivity contribution in [2.45, 2.75) is 19.9 Å². The Kier molecular flexibility index (Phi) is 3.43. The normalized spacial score (nSPS) is 12.6. The van der Waals surface area contributed by atoms with E-state index >= 15 is 0 Å². The Morgan fingerprint density at radius 1 is 1.10 bits per heavy atom. The SMILES string of the molecule is COc1cccc(C(N)c2oc3ccc(C)cc3c2C)c1. The third-order valence-electron chi connectivity index (χ3n) is 3.86. The van der Waals surface area contributed by atoms with Crippen molar-refractivity contribution >= 4 is 11.0 Å². The quantitative estimate of drug-likeness (QED) is 0.786. The summed E-state index contributed by atoms with van der Waals surface area (Å²) in [4.78, 5) is 0. The van der Waals surface area contributed by atoms with Gasteiger partial charge in [0.15, 0.2) is 0 Å². The molecule has 0 radical (unpaired) electrons. The van der Waals surface area contributed by atoms with Crippen LogP contribution in [0.5, 0.6) is 5.75 Å². The summed E-state index contributed by atoms with van der Waals surface area (Å²) in [6.07, 6.45) is 0. The van der Waals surface area contributed by atoms with E-state index in [9.17, 15) is 0 Å². The van der Waals surface area contributed by atoms with Crippen LogP contribution < -0.4 is 10.5 Å². The van der Waals surface area contributed by atoms with Gasteiger partial charge in [0.25, 0.3) is 0 Å². The standard InChI is InChI=1S/C18H19NO2/c1-11-7-8-16-15(9-11)12(2)18(21-16)17(19)13-5-4-6-14(10-13)20-3/h4-10,17H,19H2,1-3H3. The van der Waals surface area contributed by atoms with E-state index in [4.69, 9.17) is 14.9 Å². The van der Waals surface area contributed by atoms with E-state index in [2.05, 4.69) is 19.9 Å². The second-order valence-electron chi connectivity index (χ2n) is 5.35. The maximum absolute atomic E-state index is 6.39. The lowest BCUT2D eigenvalue weighted by molar-refractivity contribution is 0.413. The predicted molar refractivity (Wildman–Crippen MR) is 84.7 cm³/mol. The predicted octanol–water partition coefficient (Wildman–Crippen LogP) is 4.11. The van der Waals surface area contributed by atoms with Gasteiger partial charge < -0.3 is 14.9 Å². The summed E-state index contributed by atoms with van der Waals surface area (Å²) in [5, 5.41) is 1.13. The van der Waals surface area contributed by atoms with Crippen molar-refractivity contribution in [2.75, 3.05) is 7.11 Å². The van der Waals surface area contributed by atoms with Crippen LogP contribution >= 0.6 is 0 Å². The molecular weight excluding hydrogens is 262 g/mol. The number of furan rings is 1. The number of hydrogen-bond acceptors (Lipinski definition) is 3. The molecule has 21 heavy (non-hydrogen) atoms. The second-order valence-corrected chi connectivity index (χ2v) is 5.35. The van der Waals surface area contributed by atoms with Crippen LogP contribution in [0.2, 0.25) is 0 Å². The first kappa shape index (κ1) is 13.7. The summed E-state index contributed by atoms with van der Waals surface area (Å²) < 4.78 is 11.2. The zero-order valence-corrected chi connectivity index (χ0v) is 12.5. The van der Waals surface area contributed by atoms with Crippen LogP contribution in [0.3, 0.4) is 0 Å². The summed E-state index contributed by atoms with van der Waals surface area (Å²) in [5.74, 6) is 1.61. The van der Waals surface area contributed by atoms with Crippen molar-refractivity contribution in [3.63, 3.8) is 0 Å². The highest BCUT2D eigenvalue weighted by molar-refractivity contribution is 5.83.